The third-order valence-corrected chi connectivity index (χ3v) is 8.48. The summed E-state index contributed by atoms with van der Waals surface area (Å²) < 4.78 is 13.6. The van der Waals surface area contributed by atoms with E-state index in [-0.39, 0.29) is 35.8 Å². The molecule has 0 spiro atoms. The molecular weight excluding hydrogens is 501 g/mol. The highest BCUT2D eigenvalue weighted by Crippen LogP contribution is 2.29. The predicted octanol–water partition coefficient (Wildman–Crippen LogP) is 3.95. The number of benzene rings is 1. The van der Waals surface area contributed by atoms with Crippen LogP contribution in [0.4, 0.5) is 4.39 Å². The van der Waals surface area contributed by atoms with Gasteiger partial charge in [0.1, 0.15) is 11.9 Å². The average Bonchev–Trinajstić information content (AvgIpc) is 3.61. The second-order valence-electron chi connectivity index (χ2n) is 10.3. The number of hydrogen-bond acceptors (Lipinski definition) is 6. The first-order valence-electron chi connectivity index (χ1n) is 13.2. The number of pyridine rings is 1. The number of carbonyl (C=O) groups is 2. The summed E-state index contributed by atoms with van der Waals surface area (Å²) in [6.45, 7) is 1.70. The fourth-order valence-electron chi connectivity index (χ4n) is 5.51. The summed E-state index contributed by atoms with van der Waals surface area (Å²) in [5.41, 5.74) is 7.51. The van der Waals surface area contributed by atoms with Crippen molar-refractivity contribution < 1.29 is 14.0 Å². The second-order valence-corrected chi connectivity index (χ2v) is 11.4. The Kier molecular flexibility index (Phi) is 8.46. The largest absolute Gasteiger partial charge is 0.352 e. The van der Waals surface area contributed by atoms with Crippen molar-refractivity contribution in [2.24, 2.45) is 5.73 Å². The van der Waals surface area contributed by atoms with Crippen LogP contribution >= 0.6 is 11.3 Å². The molecule has 3 aromatic rings. The molecular formula is C29H34FN5O2S. The Morgan fingerprint density at radius 3 is 2.55 bits per heavy atom. The van der Waals surface area contributed by atoms with Gasteiger partial charge in [0.25, 0.3) is 5.91 Å². The van der Waals surface area contributed by atoms with E-state index in [1.54, 1.807) is 52.9 Å². The van der Waals surface area contributed by atoms with Gasteiger partial charge in [-0.25, -0.2) is 4.39 Å². The van der Waals surface area contributed by atoms with Crippen LogP contribution < -0.4 is 11.1 Å². The van der Waals surface area contributed by atoms with Crippen molar-refractivity contribution in [1.82, 2.24) is 20.1 Å². The Labute approximate surface area is 226 Å². The van der Waals surface area contributed by atoms with Gasteiger partial charge >= 0.3 is 0 Å². The quantitative estimate of drug-likeness (QED) is 0.456. The van der Waals surface area contributed by atoms with E-state index in [0.717, 1.165) is 31.2 Å². The molecule has 1 aliphatic heterocycles. The van der Waals surface area contributed by atoms with Crippen LogP contribution in [0.5, 0.6) is 0 Å². The molecule has 38 heavy (non-hydrogen) atoms. The molecule has 1 saturated carbocycles. The van der Waals surface area contributed by atoms with Crippen LogP contribution in [0.1, 0.15) is 52.9 Å². The van der Waals surface area contributed by atoms with Gasteiger partial charge in [-0.3, -0.25) is 19.5 Å². The SMILES string of the molecule is NC1CCC(NC(=O)C2CC(N(Cc3ccc(F)cc3)Cc3cccs3)CN2C(=O)c2cccnc2)CC1. The number of amides is 2. The van der Waals surface area contributed by atoms with E-state index in [9.17, 15) is 14.0 Å². The minimum Gasteiger partial charge on any atom is -0.352 e. The van der Waals surface area contributed by atoms with Gasteiger partial charge in [0, 0.05) is 55.0 Å². The molecule has 2 atom stereocenters. The van der Waals surface area contributed by atoms with Crippen LogP contribution in [0.3, 0.4) is 0 Å². The fourth-order valence-corrected chi connectivity index (χ4v) is 6.24. The molecule has 3 heterocycles. The standard InChI is InChI=1S/C29H34FN5O2S/c30-22-7-5-20(6-8-22)17-34(19-26-4-2-14-38-26)25-15-27(28(36)33-24-11-9-23(31)10-12-24)35(18-25)29(37)21-3-1-13-32-16-21/h1-8,13-14,16,23-25,27H,9-12,15,17-19,31H2,(H,33,36). The molecule has 2 unspecified atom stereocenters. The highest BCUT2D eigenvalue weighted by Gasteiger charge is 2.42. The summed E-state index contributed by atoms with van der Waals surface area (Å²) in [6.07, 6.45) is 7.20. The van der Waals surface area contributed by atoms with Crippen molar-refractivity contribution in [2.45, 2.75) is 69.4 Å². The van der Waals surface area contributed by atoms with E-state index in [4.69, 9.17) is 5.73 Å². The lowest BCUT2D eigenvalue weighted by atomic mass is 9.91. The molecule has 2 aromatic heterocycles. The highest BCUT2D eigenvalue weighted by atomic mass is 32.1. The number of rotatable bonds is 8. The third-order valence-electron chi connectivity index (χ3n) is 7.62. The maximum atomic E-state index is 13.6. The molecule has 3 N–H and O–H groups in total. The Morgan fingerprint density at radius 1 is 1.08 bits per heavy atom. The Morgan fingerprint density at radius 2 is 1.87 bits per heavy atom. The van der Waals surface area contributed by atoms with Gasteiger partial charge in [0.15, 0.2) is 0 Å². The number of nitrogens with zero attached hydrogens (tertiary/aromatic N) is 3. The molecule has 7 nitrogen and oxygen atoms in total. The molecule has 0 bridgehead atoms. The second kappa shape index (κ2) is 12.1. The zero-order valence-electron chi connectivity index (χ0n) is 21.3. The first-order valence-corrected chi connectivity index (χ1v) is 14.1. The summed E-state index contributed by atoms with van der Waals surface area (Å²) in [4.78, 5) is 36.5. The number of likely N-dealkylation sites (tertiary alicyclic amines) is 1. The van der Waals surface area contributed by atoms with Crippen LogP contribution in [0.2, 0.25) is 0 Å². The zero-order chi connectivity index (χ0) is 26.5. The van der Waals surface area contributed by atoms with Crippen molar-refractivity contribution >= 4 is 23.2 Å². The molecule has 2 amide bonds. The fraction of sp³-hybridized carbons (Fsp3) is 0.414. The first kappa shape index (κ1) is 26.5. The van der Waals surface area contributed by atoms with Crippen molar-refractivity contribution in [3.8, 4) is 0 Å². The van der Waals surface area contributed by atoms with Crippen LogP contribution in [0.25, 0.3) is 0 Å². The van der Waals surface area contributed by atoms with Crippen LogP contribution in [-0.4, -0.2) is 57.3 Å². The highest BCUT2D eigenvalue weighted by molar-refractivity contribution is 7.09. The number of nitrogens with two attached hydrogens (primary N) is 1. The third kappa shape index (κ3) is 6.46. The van der Waals surface area contributed by atoms with E-state index < -0.39 is 6.04 Å². The lowest BCUT2D eigenvalue weighted by molar-refractivity contribution is -0.125. The van der Waals surface area contributed by atoms with Crippen LogP contribution in [0, 0.1) is 5.82 Å². The van der Waals surface area contributed by atoms with E-state index in [1.165, 1.54) is 17.0 Å². The molecule has 1 aromatic carbocycles. The van der Waals surface area contributed by atoms with E-state index >= 15 is 0 Å². The number of aromatic nitrogens is 1. The van der Waals surface area contributed by atoms with Gasteiger partial charge < -0.3 is 16.0 Å². The molecule has 2 aliphatic rings. The van der Waals surface area contributed by atoms with Gasteiger partial charge in [0.05, 0.1) is 5.56 Å². The minimum atomic E-state index is -0.581. The van der Waals surface area contributed by atoms with Crippen LogP contribution in [-0.2, 0) is 17.9 Å². The smallest absolute Gasteiger partial charge is 0.256 e. The van der Waals surface area contributed by atoms with Gasteiger partial charge in [-0.05, 0) is 73.4 Å². The average molecular weight is 536 g/mol. The van der Waals surface area contributed by atoms with Gasteiger partial charge in [-0.2, -0.15) is 0 Å². The molecule has 0 radical (unpaired) electrons. The van der Waals surface area contributed by atoms with Crippen molar-refractivity contribution in [3.63, 3.8) is 0 Å². The first-order chi connectivity index (χ1) is 18.5. The number of halogens is 1. The Balaban J connectivity index is 1.38. The Hall–Kier alpha value is -3.14. The molecule has 1 saturated heterocycles. The maximum absolute atomic E-state index is 13.6. The number of nitrogens with one attached hydrogen (secondary N) is 1. The summed E-state index contributed by atoms with van der Waals surface area (Å²) in [5, 5.41) is 5.26. The summed E-state index contributed by atoms with van der Waals surface area (Å²) >= 11 is 1.68. The maximum Gasteiger partial charge on any atom is 0.256 e. The summed E-state index contributed by atoms with van der Waals surface area (Å²) in [5.74, 6) is -0.569. The van der Waals surface area contributed by atoms with Gasteiger partial charge in [0.2, 0.25) is 5.91 Å². The van der Waals surface area contributed by atoms with Crippen molar-refractivity contribution in [2.75, 3.05) is 6.54 Å². The minimum absolute atomic E-state index is 0.0432. The van der Waals surface area contributed by atoms with E-state index in [2.05, 4.69) is 21.3 Å². The topological polar surface area (TPSA) is 91.6 Å². The van der Waals surface area contributed by atoms with Crippen molar-refractivity contribution in [3.05, 3.63) is 88.1 Å². The molecule has 1 aliphatic carbocycles. The number of hydrogen-bond donors (Lipinski definition) is 2. The van der Waals surface area contributed by atoms with Crippen molar-refractivity contribution in [1.29, 1.82) is 0 Å². The molecule has 5 rings (SSSR count). The molecule has 9 heteroatoms. The molecule has 2 fully saturated rings. The van der Waals surface area contributed by atoms with Gasteiger partial charge in [-0.15, -0.1) is 11.3 Å². The monoisotopic (exact) mass is 535 g/mol. The van der Waals surface area contributed by atoms with Crippen LogP contribution in [0.15, 0.2) is 66.3 Å². The molecule has 200 valence electrons. The Bertz CT molecular complexity index is 1200. The number of carbonyl (C=O) groups excluding carboxylic acids is 2. The zero-order valence-corrected chi connectivity index (χ0v) is 22.2. The predicted molar refractivity (Wildman–Crippen MR) is 146 cm³/mol. The summed E-state index contributed by atoms with van der Waals surface area (Å²) in [6, 6.07) is 13.8. The van der Waals surface area contributed by atoms with Gasteiger partial charge in [-0.1, -0.05) is 18.2 Å². The number of thiophene rings is 1. The normalized spacial score (nSPS) is 23.5. The lowest BCUT2D eigenvalue weighted by Crippen LogP contribution is -2.50. The van der Waals surface area contributed by atoms with E-state index in [1.807, 2.05) is 11.4 Å². The summed E-state index contributed by atoms with van der Waals surface area (Å²) in [7, 11) is 0. The van der Waals surface area contributed by atoms with E-state index in [0.29, 0.717) is 31.6 Å². The lowest BCUT2D eigenvalue weighted by Gasteiger charge is -2.30.